The number of fused-ring (bicyclic) bond motifs is 1. The molecule has 1 N–H and O–H groups in total. The van der Waals surface area contributed by atoms with Crippen molar-refractivity contribution in [1.82, 2.24) is 4.98 Å². The fourth-order valence-electron chi connectivity index (χ4n) is 3.32. The number of benzene rings is 2. The van der Waals surface area contributed by atoms with Crippen molar-refractivity contribution < 1.29 is 13.9 Å². The van der Waals surface area contributed by atoms with Crippen LogP contribution in [-0.4, -0.2) is 29.6 Å². The zero-order valence-corrected chi connectivity index (χ0v) is 17.7. The maximum atomic E-state index is 12.5. The van der Waals surface area contributed by atoms with Crippen LogP contribution < -0.4 is 15.8 Å². The van der Waals surface area contributed by atoms with Crippen LogP contribution >= 0.6 is 0 Å². The Morgan fingerprint density at radius 2 is 1.80 bits per heavy atom. The van der Waals surface area contributed by atoms with Gasteiger partial charge in [0, 0.05) is 17.8 Å². The molecule has 30 heavy (non-hydrogen) atoms. The second-order valence-corrected chi connectivity index (χ2v) is 7.64. The second-order valence-electron chi connectivity index (χ2n) is 7.64. The van der Waals surface area contributed by atoms with Gasteiger partial charge >= 0.3 is 11.6 Å². The van der Waals surface area contributed by atoms with Gasteiger partial charge in [-0.25, -0.2) is 4.79 Å². The topological polar surface area (TPSA) is 84.7 Å². The van der Waals surface area contributed by atoms with Gasteiger partial charge in [-0.3, -0.25) is 4.79 Å². The molecular formula is C23H27N3O4. The number of carbonyl (C=O) groups excluding carboxylic acids is 1. The first kappa shape index (κ1) is 21.5. The summed E-state index contributed by atoms with van der Waals surface area (Å²) >= 11 is 0. The molecule has 1 heterocycles. The maximum Gasteiger partial charge on any atom is 0.348 e. The van der Waals surface area contributed by atoms with Crippen LogP contribution in [0, 0.1) is 0 Å². The average Bonchev–Trinajstić information content (AvgIpc) is 2.69. The van der Waals surface area contributed by atoms with Gasteiger partial charge in [0.1, 0.15) is 6.61 Å². The van der Waals surface area contributed by atoms with Crippen molar-refractivity contribution in [2.75, 3.05) is 16.8 Å². The number of nitrogens with one attached hydrogen (secondary N) is 1. The molecule has 0 aliphatic rings. The summed E-state index contributed by atoms with van der Waals surface area (Å²) in [5.74, 6) is -0.301. The van der Waals surface area contributed by atoms with Gasteiger partial charge in [0.2, 0.25) is 5.91 Å². The van der Waals surface area contributed by atoms with Crippen molar-refractivity contribution >= 4 is 28.5 Å². The first-order valence-corrected chi connectivity index (χ1v) is 10.00. The summed E-state index contributed by atoms with van der Waals surface area (Å²) in [5.41, 5.74) is 1.51. The molecule has 1 aromatic heterocycles. The highest BCUT2D eigenvalue weighted by atomic mass is 16.5. The van der Waals surface area contributed by atoms with E-state index < -0.39 is 5.63 Å². The minimum atomic E-state index is -0.488. The molecule has 0 saturated carbocycles. The molecule has 2 aromatic carbocycles. The average molecular weight is 409 g/mol. The van der Waals surface area contributed by atoms with Gasteiger partial charge in [-0.1, -0.05) is 30.3 Å². The van der Waals surface area contributed by atoms with E-state index in [0.717, 1.165) is 5.56 Å². The SMILES string of the molecule is CC(C)N(c1nc2ccc(NC(=O)COCc3ccccc3)cc2c(=O)o1)C(C)C. The molecule has 0 atom stereocenters. The standard InChI is InChI=1S/C23H27N3O4/c1-15(2)26(16(3)4)23-25-20-11-10-18(12-19(20)22(28)30-23)24-21(27)14-29-13-17-8-6-5-7-9-17/h5-12,15-16H,13-14H2,1-4H3,(H,24,27). The molecule has 3 aromatic rings. The van der Waals surface area contributed by atoms with Crippen LogP contribution in [0.5, 0.6) is 0 Å². The van der Waals surface area contributed by atoms with Crippen molar-refractivity contribution in [2.24, 2.45) is 0 Å². The number of rotatable bonds is 8. The van der Waals surface area contributed by atoms with Crippen LogP contribution in [0.25, 0.3) is 10.9 Å². The van der Waals surface area contributed by atoms with Gasteiger partial charge in [0.25, 0.3) is 0 Å². The third-order valence-corrected chi connectivity index (χ3v) is 4.58. The van der Waals surface area contributed by atoms with E-state index in [9.17, 15) is 9.59 Å². The van der Waals surface area contributed by atoms with Gasteiger partial charge in [0.15, 0.2) is 0 Å². The fraction of sp³-hybridized carbons (Fsp3) is 0.348. The molecule has 0 unspecified atom stereocenters. The first-order chi connectivity index (χ1) is 14.3. The van der Waals surface area contributed by atoms with Crippen molar-refractivity contribution in [1.29, 1.82) is 0 Å². The zero-order chi connectivity index (χ0) is 21.7. The molecule has 1 amide bonds. The Bertz CT molecular complexity index is 1050. The highest BCUT2D eigenvalue weighted by Crippen LogP contribution is 2.21. The van der Waals surface area contributed by atoms with Crippen LogP contribution in [-0.2, 0) is 16.1 Å². The van der Waals surface area contributed by atoms with Crippen LogP contribution in [0.15, 0.2) is 57.7 Å². The monoisotopic (exact) mass is 409 g/mol. The van der Waals surface area contributed by atoms with Gasteiger partial charge in [-0.05, 0) is 51.5 Å². The molecule has 0 fully saturated rings. The number of nitrogens with zero attached hydrogens (tertiary/aromatic N) is 2. The predicted molar refractivity (Wildman–Crippen MR) is 118 cm³/mol. The van der Waals surface area contributed by atoms with E-state index in [-0.39, 0.29) is 24.6 Å². The van der Waals surface area contributed by atoms with Gasteiger partial charge in [0.05, 0.1) is 17.5 Å². The third kappa shape index (κ3) is 5.24. The first-order valence-electron chi connectivity index (χ1n) is 10.00. The van der Waals surface area contributed by atoms with Crippen LogP contribution in [0.4, 0.5) is 11.7 Å². The quantitative estimate of drug-likeness (QED) is 0.606. The molecule has 7 heteroatoms. The lowest BCUT2D eigenvalue weighted by Crippen LogP contribution is -2.38. The van der Waals surface area contributed by atoms with Crippen LogP contribution in [0.1, 0.15) is 33.3 Å². The molecule has 7 nitrogen and oxygen atoms in total. The van der Waals surface area contributed by atoms with E-state index in [4.69, 9.17) is 9.15 Å². The molecule has 3 rings (SSSR count). The lowest BCUT2D eigenvalue weighted by molar-refractivity contribution is -0.121. The van der Waals surface area contributed by atoms with Crippen molar-refractivity contribution in [3.8, 4) is 0 Å². The van der Waals surface area contributed by atoms with Crippen molar-refractivity contribution in [3.63, 3.8) is 0 Å². The van der Waals surface area contributed by atoms with Gasteiger partial charge < -0.3 is 19.4 Å². The number of amides is 1. The summed E-state index contributed by atoms with van der Waals surface area (Å²) in [5, 5.41) is 3.05. The highest BCUT2D eigenvalue weighted by Gasteiger charge is 2.20. The molecule has 0 aliphatic heterocycles. The van der Waals surface area contributed by atoms with E-state index in [2.05, 4.69) is 10.3 Å². The fourth-order valence-corrected chi connectivity index (χ4v) is 3.32. The number of hydrogen-bond donors (Lipinski definition) is 1. The second kappa shape index (κ2) is 9.54. The Morgan fingerprint density at radius 3 is 2.47 bits per heavy atom. The molecule has 0 radical (unpaired) electrons. The zero-order valence-electron chi connectivity index (χ0n) is 17.7. The predicted octanol–water partition coefficient (Wildman–Crippen LogP) is 3.97. The summed E-state index contributed by atoms with van der Waals surface area (Å²) in [7, 11) is 0. The molecular weight excluding hydrogens is 382 g/mol. The number of hydrogen-bond acceptors (Lipinski definition) is 6. The number of ether oxygens (including phenoxy) is 1. The highest BCUT2D eigenvalue weighted by molar-refractivity contribution is 5.94. The Kier molecular flexibility index (Phi) is 6.84. The summed E-state index contributed by atoms with van der Waals surface area (Å²) in [6.45, 7) is 8.34. The Morgan fingerprint density at radius 1 is 1.10 bits per heavy atom. The smallest absolute Gasteiger partial charge is 0.348 e. The number of carbonyl (C=O) groups is 1. The van der Waals surface area contributed by atoms with E-state index in [1.165, 1.54) is 0 Å². The Labute approximate surface area is 175 Å². The number of aromatic nitrogens is 1. The van der Waals surface area contributed by atoms with E-state index >= 15 is 0 Å². The lowest BCUT2D eigenvalue weighted by Gasteiger charge is -2.29. The Balaban J connectivity index is 1.70. The maximum absolute atomic E-state index is 12.5. The van der Waals surface area contributed by atoms with E-state index in [1.807, 2.05) is 62.9 Å². The van der Waals surface area contributed by atoms with Crippen LogP contribution in [0.2, 0.25) is 0 Å². The van der Waals surface area contributed by atoms with Crippen molar-refractivity contribution in [3.05, 3.63) is 64.5 Å². The van der Waals surface area contributed by atoms with Gasteiger partial charge in [-0.15, -0.1) is 0 Å². The van der Waals surface area contributed by atoms with E-state index in [0.29, 0.717) is 29.2 Å². The minimum absolute atomic E-state index is 0.0868. The van der Waals surface area contributed by atoms with Crippen molar-refractivity contribution in [2.45, 2.75) is 46.4 Å². The van der Waals surface area contributed by atoms with Crippen LogP contribution in [0.3, 0.4) is 0 Å². The summed E-state index contributed by atoms with van der Waals surface area (Å²) in [6.07, 6.45) is 0. The number of anilines is 2. The lowest BCUT2D eigenvalue weighted by atomic mass is 10.2. The normalized spacial score (nSPS) is 11.3. The molecule has 0 saturated heterocycles. The third-order valence-electron chi connectivity index (χ3n) is 4.58. The molecule has 0 spiro atoms. The summed E-state index contributed by atoms with van der Waals surface area (Å²) in [4.78, 5) is 31.2. The molecule has 0 bridgehead atoms. The van der Waals surface area contributed by atoms with Gasteiger partial charge in [-0.2, -0.15) is 4.98 Å². The molecule has 158 valence electrons. The largest absolute Gasteiger partial charge is 0.389 e. The Hall–Kier alpha value is -3.19. The summed E-state index contributed by atoms with van der Waals surface area (Å²) in [6, 6.07) is 15.2. The van der Waals surface area contributed by atoms with E-state index in [1.54, 1.807) is 18.2 Å². The minimum Gasteiger partial charge on any atom is -0.389 e. The summed E-state index contributed by atoms with van der Waals surface area (Å²) < 4.78 is 10.9. The molecule has 0 aliphatic carbocycles.